The summed E-state index contributed by atoms with van der Waals surface area (Å²) in [6, 6.07) is 3.16. The van der Waals surface area contributed by atoms with Crippen LogP contribution < -0.4 is 5.73 Å². The van der Waals surface area contributed by atoms with E-state index in [0.717, 1.165) is 12.8 Å². The first-order valence-corrected chi connectivity index (χ1v) is 7.13. The molecular weight excluding hydrogens is 240 g/mol. The molecule has 1 saturated heterocycles. The Morgan fingerprint density at radius 1 is 1.53 bits per heavy atom. The maximum absolute atomic E-state index is 12.4. The summed E-state index contributed by atoms with van der Waals surface area (Å²) in [6.07, 6.45) is 1.63. The third-order valence-electron chi connectivity index (χ3n) is 3.38. The minimum absolute atomic E-state index is 0.0107. The highest BCUT2D eigenvalue weighted by molar-refractivity contribution is 7.89. The smallest absolute Gasteiger partial charge is 0.277 e. The van der Waals surface area contributed by atoms with E-state index in [-0.39, 0.29) is 5.09 Å². The Balaban J connectivity index is 2.40. The van der Waals surface area contributed by atoms with Crippen LogP contribution in [0.5, 0.6) is 0 Å². The van der Waals surface area contributed by atoms with E-state index >= 15 is 0 Å². The van der Waals surface area contributed by atoms with Gasteiger partial charge in [0.1, 0.15) is 5.76 Å². The lowest BCUT2D eigenvalue weighted by Gasteiger charge is -2.32. The molecule has 1 aromatic heterocycles. The molecular formula is C11H18N2O3S. The molecule has 0 aromatic carbocycles. The van der Waals surface area contributed by atoms with Crippen LogP contribution in [0.25, 0.3) is 0 Å². The van der Waals surface area contributed by atoms with Gasteiger partial charge in [-0.25, -0.2) is 8.42 Å². The van der Waals surface area contributed by atoms with Crippen LogP contribution in [0, 0.1) is 6.92 Å². The molecule has 0 radical (unpaired) electrons. The van der Waals surface area contributed by atoms with Crippen molar-refractivity contribution >= 4 is 10.0 Å². The second kappa shape index (κ2) is 4.12. The monoisotopic (exact) mass is 258 g/mol. The summed E-state index contributed by atoms with van der Waals surface area (Å²) in [7, 11) is -3.55. The summed E-state index contributed by atoms with van der Waals surface area (Å²) in [5.74, 6) is 0.595. The normalized spacial score (nSPS) is 26.5. The molecule has 1 atom stereocenters. The van der Waals surface area contributed by atoms with Gasteiger partial charge in [-0.3, -0.25) is 0 Å². The highest BCUT2D eigenvalue weighted by Crippen LogP contribution is 2.34. The third-order valence-corrected chi connectivity index (χ3v) is 5.31. The van der Waals surface area contributed by atoms with E-state index in [1.807, 2.05) is 6.92 Å². The minimum Gasteiger partial charge on any atom is -0.449 e. The summed E-state index contributed by atoms with van der Waals surface area (Å²) in [5, 5.41) is 0.0107. The predicted octanol–water partition coefficient (Wildman–Crippen LogP) is 1.09. The molecule has 1 aromatic rings. The number of furan rings is 1. The molecule has 0 amide bonds. The van der Waals surface area contributed by atoms with E-state index in [1.54, 1.807) is 13.0 Å². The molecule has 1 unspecified atom stereocenters. The predicted molar refractivity (Wildman–Crippen MR) is 64.0 cm³/mol. The summed E-state index contributed by atoms with van der Waals surface area (Å²) in [6.45, 7) is 4.44. The van der Waals surface area contributed by atoms with Crippen LogP contribution in [0.4, 0.5) is 0 Å². The Hall–Kier alpha value is -0.850. The van der Waals surface area contributed by atoms with Gasteiger partial charge in [-0.2, -0.15) is 4.31 Å². The molecule has 0 saturated carbocycles. The van der Waals surface area contributed by atoms with Crippen molar-refractivity contribution in [2.75, 3.05) is 13.1 Å². The van der Waals surface area contributed by atoms with Crippen molar-refractivity contribution in [1.29, 1.82) is 0 Å². The van der Waals surface area contributed by atoms with Gasteiger partial charge in [-0.15, -0.1) is 0 Å². The number of hydrogen-bond donors (Lipinski definition) is 1. The molecule has 1 aliphatic rings. The van der Waals surface area contributed by atoms with Crippen molar-refractivity contribution in [3.63, 3.8) is 0 Å². The van der Waals surface area contributed by atoms with Crippen LogP contribution in [0.3, 0.4) is 0 Å². The minimum atomic E-state index is -3.55. The first-order valence-electron chi connectivity index (χ1n) is 5.69. The average Bonchev–Trinajstić information content (AvgIpc) is 2.86. The van der Waals surface area contributed by atoms with E-state index in [1.165, 1.54) is 10.4 Å². The summed E-state index contributed by atoms with van der Waals surface area (Å²) in [5.41, 5.74) is 5.22. The second-order valence-electron chi connectivity index (χ2n) is 4.75. The van der Waals surface area contributed by atoms with Crippen LogP contribution in [-0.4, -0.2) is 31.4 Å². The Kier molecular flexibility index (Phi) is 3.05. The Morgan fingerprint density at radius 2 is 2.24 bits per heavy atom. The van der Waals surface area contributed by atoms with Crippen molar-refractivity contribution in [2.45, 2.75) is 37.3 Å². The van der Waals surface area contributed by atoms with Crippen molar-refractivity contribution in [3.05, 3.63) is 17.9 Å². The number of sulfonamides is 1. The van der Waals surface area contributed by atoms with Gasteiger partial charge in [0.2, 0.25) is 5.09 Å². The van der Waals surface area contributed by atoms with E-state index in [4.69, 9.17) is 10.2 Å². The van der Waals surface area contributed by atoms with Crippen LogP contribution in [0.2, 0.25) is 0 Å². The Bertz CT molecular complexity index is 509. The van der Waals surface area contributed by atoms with Crippen molar-refractivity contribution in [3.8, 4) is 0 Å². The van der Waals surface area contributed by atoms with Gasteiger partial charge >= 0.3 is 0 Å². The van der Waals surface area contributed by atoms with E-state index in [9.17, 15) is 8.42 Å². The standard InChI is InChI=1S/C11H18N2O3S/c1-9-4-5-10(16-9)17(14,15)13-7-3-6-11(13,2)8-12/h4-5H,3,6-8,12H2,1-2H3. The molecule has 0 spiro atoms. The molecule has 2 heterocycles. The maximum atomic E-state index is 12.4. The van der Waals surface area contributed by atoms with Gasteiger partial charge in [0, 0.05) is 18.6 Å². The van der Waals surface area contributed by atoms with E-state index < -0.39 is 15.6 Å². The number of hydrogen-bond acceptors (Lipinski definition) is 4. The molecule has 17 heavy (non-hydrogen) atoms. The first kappa shape index (κ1) is 12.6. The molecule has 0 aliphatic carbocycles. The molecule has 0 bridgehead atoms. The van der Waals surface area contributed by atoms with Gasteiger partial charge in [0.15, 0.2) is 0 Å². The zero-order chi connectivity index (χ0) is 12.7. The quantitative estimate of drug-likeness (QED) is 0.880. The fraction of sp³-hybridized carbons (Fsp3) is 0.636. The highest BCUT2D eigenvalue weighted by Gasteiger charge is 2.44. The number of aryl methyl sites for hydroxylation is 1. The lowest BCUT2D eigenvalue weighted by molar-refractivity contribution is 0.265. The van der Waals surface area contributed by atoms with Gasteiger partial charge in [-0.05, 0) is 38.8 Å². The fourth-order valence-corrected chi connectivity index (χ4v) is 4.08. The van der Waals surface area contributed by atoms with Crippen LogP contribution in [0.15, 0.2) is 21.6 Å². The molecule has 2 rings (SSSR count). The SMILES string of the molecule is Cc1ccc(S(=O)(=O)N2CCCC2(C)CN)o1. The zero-order valence-electron chi connectivity index (χ0n) is 10.1. The molecule has 6 heteroatoms. The Labute approximate surface area is 102 Å². The van der Waals surface area contributed by atoms with Crippen molar-refractivity contribution < 1.29 is 12.8 Å². The topological polar surface area (TPSA) is 76.5 Å². The van der Waals surface area contributed by atoms with Gasteiger partial charge in [0.25, 0.3) is 10.0 Å². The maximum Gasteiger partial charge on any atom is 0.277 e. The summed E-state index contributed by atoms with van der Waals surface area (Å²) >= 11 is 0. The lowest BCUT2D eigenvalue weighted by Crippen LogP contribution is -2.49. The largest absolute Gasteiger partial charge is 0.449 e. The highest BCUT2D eigenvalue weighted by atomic mass is 32.2. The summed E-state index contributed by atoms with van der Waals surface area (Å²) in [4.78, 5) is 0. The number of nitrogens with zero attached hydrogens (tertiary/aromatic N) is 1. The number of rotatable bonds is 3. The third kappa shape index (κ3) is 2.00. The molecule has 1 fully saturated rings. The van der Waals surface area contributed by atoms with Crippen LogP contribution in [-0.2, 0) is 10.0 Å². The lowest BCUT2D eigenvalue weighted by atomic mass is 10.0. The first-order chi connectivity index (χ1) is 7.90. The molecule has 5 nitrogen and oxygen atoms in total. The van der Waals surface area contributed by atoms with E-state index in [0.29, 0.717) is 18.8 Å². The second-order valence-corrected chi connectivity index (χ2v) is 6.54. The molecule has 96 valence electrons. The average molecular weight is 258 g/mol. The van der Waals surface area contributed by atoms with Gasteiger partial charge < -0.3 is 10.2 Å². The van der Waals surface area contributed by atoms with E-state index in [2.05, 4.69) is 0 Å². The summed E-state index contributed by atoms with van der Waals surface area (Å²) < 4.78 is 31.5. The van der Waals surface area contributed by atoms with Crippen LogP contribution in [0.1, 0.15) is 25.5 Å². The fourth-order valence-electron chi connectivity index (χ4n) is 2.27. The molecule has 1 aliphatic heterocycles. The zero-order valence-corrected chi connectivity index (χ0v) is 11.0. The Morgan fingerprint density at radius 3 is 2.76 bits per heavy atom. The van der Waals surface area contributed by atoms with Gasteiger partial charge in [0.05, 0.1) is 0 Å². The number of nitrogens with two attached hydrogens (primary N) is 1. The van der Waals surface area contributed by atoms with Crippen molar-refractivity contribution in [2.24, 2.45) is 5.73 Å². The van der Waals surface area contributed by atoms with Crippen molar-refractivity contribution in [1.82, 2.24) is 4.31 Å². The molecule has 2 N–H and O–H groups in total. The van der Waals surface area contributed by atoms with Crippen LogP contribution >= 0.6 is 0 Å². The van der Waals surface area contributed by atoms with Gasteiger partial charge in [-0.1, -0.05) is 0 Å².